The Bertz CT molecular complexity index is 410. The molecule has 0 bridgehead atoms. The maximum atomic E-state index is 10.8. The third-order valence-corrected chi connectivity index (χ3v) is 2.57. The second-order valence-corrected chi connectivity index (χ2v) is 3.83. The van der Waals surface area contributed by atoms with E-state index < -0.39 is 4.92 Å². The van der Waals surface area contributed by atoms with Crippen molar-refractivity contribution < 1.29 is 9.66 Å². The lowest BCUT2D eigenvalue weighted by Gasteiger charge is -2.17. The molecule has 0 aromatic heterocycles. The predicted molar refractivity (Wildman–Crippen MR) is 70.4 cm³/mol. The smallest absolute Gasteiger partial charge is 0.292 e. The van der Waals surface area contributed by atoms with E-state index in [2.05, 4.69) is 5.32 Å². The number of benzene rings is 1. The van der Waals surface area contributed by atoms with E-state index in [1.54, 1.807) is 12.1 Å². The van der Waals surface area contributed by atoms with Crippen LogP contribution in [0.4, 0.5) is 11.4 Å². The molecule has 0 saturated carbocycles. The van der Waals surface area contributed by atoms with E-state index in [0.717, 1.165) is 12.1 Å². The summed E-state index contributed by atoms with van der Waals surface area (Å²) >= 11 is 0. The fourth-order valence-corrected chi connectivity index (χ4v) is 1.67. The average molecular weight is 253 g/mol. The minimum Gasteiger partial charge on any atom is -0.393 e. The molecular weight excluding hydrogens is 234 g/mol. The molecule has 0 aliphatic heterocycles. The Balaban J connectivity index is 2.97. The maximum Gasteiger partial charge on any atom is 0.292 e. The molecule has 0 aliphatic rings. The zero-order chi connectivity index (χ0) is 13.5. The number of hydrogen-bond acceptors (Lipinski definition) is 5. The average Bonchev–Trinajstić information content (AvgIpc) is 2.35. The molecule has 0 radical (unpaired) electrons. The van der Waals surface area contributed by atoms with Gasteiger partial charge in [0.2, 0.25) is 0 Å². The van der Waals surface area contributed by atoms with E-state index in [-0.39, 0.29) is 17.5 Å². The first-order chi connectivity index (χ1) is 8.60. The van der Waals surface area contributed by atoms with Gasteiger partial charge in [0, 0.05) is 19.2 Å². The topological polar surface area (TPSA) is 90.4 Å². The van der Waals surface area contributed by atoms with Gasteiger partial charge in [0.1, 0.15) is 5.69 Å². The minimum atomic E-state index is -0.477. The van der Waals surface area contributed by atoms with Crippen LogP contribution in [-0.2, 0) is 4.74 Å². The highest BCUT2D eigenvalue weighted by molar-refractivity contribution is 5.59. The van der Waals surface area contributed by atoms with Gasteiger partial charge >= 0.3 is 0 Å². The fourth-order valence-electron chi connectivity index (χ4n) is 1.67. The number of nitro benzene ring substituents is 1. The molecule has 18 heavy (non-hydrogen) atoms. The SMILES string of the molecule is CCNCC(OCC)c1ccc(N)c([N+](=O)[O-])c1. The molecule has 0 heterocycles. The second-order valence-electron chi connectivity index (χ2n) is 3.83. The van der Waals surface area contributed by atoms with Crippen LogP contribution in [0.5, 0.6) is 0 Å². The van der Waals surface area contributed by atoms with Crippen molar-refractivity contribution in [1.29, 1.82) is 0 Å². The number of anilines is 1. The van der Waals surface area contributed by atoms with Gasteiger partial charge in [-0.2, -0.15) is 0 Å². The highest BCUT2D eigenvalue weighted by Gasteiger charge is 2.17. The van der Waals surface area contributed by atoms with Gasteiger partial charge in [-0.25, -0.2) is 0 Å². The zero-order valence-corrected chi connectivity index (χ0v) is 10.7. The van der Waals surface area contributed by atoms with Gasteiger partial charge in [-0.3, -0.25) is 10.1 Å². The van der Waals surface area contributed by atoms with E-state index >= 15 is 0 Å². The molecule has 3 N–H and O–H groups in total. The van der Waals surface area contributed by atoms with Crippen molar-refractivity contribution in [2.24, 2.45) is 0 Å². The number of rotatable bonds is 7. The summed E-state index contributed by atoms with van der Waals surface area (Å²) in [4.78, 5) is 10.4. The van der Waals surface area contributed by atoms with E-state index in [0.29, 0.717) is 13.2 Å². The Morgan fingerprint density at radius 2 is 2.22 bits per heavy atom. The second kappa shape index (κ2) is 6.93. The van der Waals surface area contributed by atoms with Crippen LogP contribution in [0.2, 0.25) is 0 Å². The van der Waals surface area contributed by atoms with Crippen LogP contribution in [0.1, 0.15) is 25.5 Å². The molecule has 100 valence electrons. The summed E-state index contributed by atoms with van der Waals surface area (Å²) in [7, 11) is 0. The summed E-state index contributed by atoms with van der Waals surface area (Å²) in [6.45, 7) is 5.87. The number of nitrogens with zero attached hydrogens (tertiary/aromatic N) is 1. The number of ether oxygens (including phenoxy) is 1. The van der Waals surface area contributed by atoms with Gasteiger partial charge in [0.05, 0.1) is 11.0 Å². The first-order valence-corrected chi connectivity index (χ1v) is 5.96. The summed E-state index contributed by atoms with van der Waals surface area (Å²) in [5.41, 5.74) is 6.42. The Morgan fingerprint density at radius 1 is 1.50 bits per heavy atom. The van der Waals surface area contributed by atoms with E-state index in [9.17, 15) is 10.1 Å². The zero-order valence-electron chi connectivity index (χ0n) is 10.7. The highest BCUT2D eigenvalue weighted by atomic mass is 16.6. The fraction of sp³-hybridized carbons (Fsp3) is 0.500. The Morgan fingerprint density at radius 3 is 2.78 bits per heavy atom. The highest BCUT2D eigenvalue weighted by Crippen LogP contribution is 2.27. The van der Waals surface area contributed by atoms with Crippen molar-refractivity contribution in [2.45, 2.75) is 20.0 Å². The summed E-state index contributed by atoms with van der Waals surface area (Å²) in [6.07, 6.45) is -0.200. The number of nitrogens with two attached hydrogens (primary N) is 1. The number of nitrogens with one attached hydrogen (secondary N) is 1. The van der Waals surface area contributed by atoms with Crippen molar-refractivity contribution in [1.82, 2.24) is 5.32 Å². The Labute approximate surface area is 106 Å². The molecule has 0 spiro atoms. The summed E-state index contributed by atoms with van der Waals surface area (Å²) in [5.74, 6) is 0. The lowest BCUT2D eigenvalue weighted by molar-refractivity contribution is -0.384. The molecule has 1 rings (SSSR count). The van der Waals surface area contributed by atoms with Crippen LogP contribution in [0.3, 0.4) is 0 Å². The normalized spacial score (nSPS) is 12.3. The number of nitro groups is 1. The lowest BCUT2D eigenvalue weighted by Crippen LogP contribution is -2.23. The monoisotopic (exact) mass is 253 g/mol. The van der Waals surface area contributed by atoms with Gasteiger partial charge < -0.3 is 15.8 Å². The van der Waals surface area contributed by atoms with E-state index in [1.165, 1.54) is 6.07 Å². The molecule has 6 heteroatoms. The summed E-state index contributed by atoms with van der Waals surface area (Å²) in [5, 5.41) is 14.0. The molecule has 1 unspecified atom stereocenters. The molecular formula is C12H19N3O3. The minimum absolute atomic E-state index is 0.0753. The number of likely N-dealkylation sites (N-methyl/N-ethyl adjacent to an activating group) is 1. The first kappa shape index (κ1) is 14.4. The van der Waals surface area contributed by atoms with E-state index in [4.69, 9.17) is 10.5 Å². The third-order valence-electron chi connectivity index (χ3n) is 2.57. The quantitative estimate of drug-likeness (QED) is 0.440. The van der Waals surface area contributed by atoms with Crippen molar-refractivity contribution in [2.75, 3.05) is 25.4 Å². The van der Waals surface area contributed by atoms with Gasteiger partial charge in [0.15, 0.2) is 0 Å². The molecule has 0 amide bonds. The van der Waals surface area contributed by atoms with Gasteiger partial charge in [-0.05, 0) is 25.1 Å². The molecule has 0 aliphatic carbocycles. The maximum absolute atomic E-state index is 10.8. The van der Waals surface area contributed by atoms with Crippen LogP contribution in [0, 0.1) is 10.1 Å². The molecule has 1 atom stereocenters. The van der Waals surface area contributed by atoms with Crippen LogP contribution in [0.25, 0.3) is 0 Å². The van der Waals surface area contributed by atoms with Crippen LogP contribution < -0.4 is 11.1 Å². The van der Waals surface area contributed by atoms with Crippen molar-refractivity contribution in [3.8, 4) is 0 Å². The third kappa shape index (κ3) is 3.68. The molecule has 1 aromatic carbocycles. The molecule has 6 nitrogen and oxygen atoms in total. The predicted octanol–water partition coefficient (Wildman–Crippen LogP) is 1.86. The molecule has 0 saturated heterocycles. The van der Waals surface area contributed by atoms with Crippen molar-refractivity contribution >= 4 is 11.4 Å². The lowest BCUT2D eigenvalue weighted by atomic mass is 10.1. The largest absolute Gasteiger partial charge is 0.393 e. The van der Waals surface area contributed by atoms with Gasteiger partial charge in [-0.15, -0.1) is 0 Å². The summed E-state index contributed by atoms with van der Waals surface area (Å²) < 4.78 is 5.58. The molecule has 1 aromatic rings. The Hall–Kier alpha value is -1.66. The van der Waals surface area contributed by atoms with Crippen LogP contribution in [0.15, 0.2) is 18.2 Å². The number of hydrogen-bond donors (Lipinski definition) is 2. The first-order valence-electron chi connectivity index (χ1n) is 5.96. The van der Waals surface area contributed by atoms with Gasteiger partial charge in [-0.1, -0.05) is 13.0 Å². The summed E-state index contributed by atoms with van der Waals surface area (Å²) in [6, 6.07) is 4.79. The van der Waals surface area contributed by atoms with Crippen LogP contribution in [-0.4, -0.2) is 24.6 Å². The van der Waals surface area contributed by atoms with Crippen molar-refractivity contribution in [3.05, 3.63) is 33.9 Å². The Kier molecular flexibility index (Phi) is 5.54. The van der Waals surface area contributed by atoms with Crippen LogP contribution >= 0.6 is 0 Å². The van der Waals surface area contributed by atoms with Gasteiger partial charge in [0.25, 0.3) is 5.69 Å². The van der Waals surface area contributed by atoms with Crippen molar-refractivity contribution in [3.63, 3.8) is 0 Å². The van der Waals surface area contributed by atoms with E-state index in [1.807, 2.05) is 13.8 Å². The molecule has 0 fully saturated rings. The number of nitrogen functional groups attached to an aromatic ring is 1. The standard InChI is InChI=1S/C12H19N3O3/c1-3-14-8-12(18-4-2)9-5-6-10(13)11(7-9)15(16)17/h5-7,12,14H,3-4,8,13H2,1-2H3.